The third-order valence-electron chi connectivity index (χ3n) is 3.21. The highest BCUT2D eigenvalue weighted by atomic mass is 127. The number of hydrogen-bond acceptors (Lipinski definition) is 2. The zero-order valence-electron chi connectivity index (χ0n) is 12.4. The van der Waals surface area contributed by atoms with Crippen molar-refractivity contribution in [2.75, 3.05) is 26.3 Å². The van der Waals surface area contributed by atoms with Gasteiger partial charge in [-0.3, -0.25) is 4.99 Å². The van der Waals surface area contributed by atoms with E-state index in [2.05, 4.69) is 22.5 Å². The summed E-state index contributed by atoms with van der Waals surface area (Å²) in [6, 6.07) is 0.614. The molecule has 0 radical (unpaired) electrons. The average molecular weight is 383 g/mol. The molecule has 19 heavy (non-hydrogen) atoms. The Bertz CT molecular complexity index is 231. The Morgan fingerprint density at radius 1 is 1.21 bits per heavy atom. The first kappa shape index (κ1) is 19.0. The molecule has 1 aliphatic rings. The van der Waals surface area contributed by atoms with Crippen LogP contribution in [0.2, 0.25) is 0 Å². The van der Waals surface area contributed by atoms with Crippen LogP contribution in [0.25, 0.3) is 0 Å². The first-order valence-corrected chi connectivity index (χ1v) is 7.49. The van der Waals surface area contributed by atoms with E-state index in [1.54, 1.807) is 0 Å². The maximum absolute atomic E-state index is 5.32. The molecule has 4 nitrogen and oxygen atoms in total. The normalized spacial score (nSPS) is 16.8. The second-order valence-corrected chi connectivity index (χ2v) is 4.79. The standard InChI is InChI=1S/C14H29N3O.HI/c1-3-15-14(16-11-8-12-18-4-2)17-13-9-6-5-7-10-13;/h13H,3-12H2,1-2H3,(H2,15,16,17);1H. The Morgan fingerprint density at radius 2 is 1.95 bits per heavy atom. The third-order valence-corrected chi connectivity index (χ3v) is 3.21. The molecule has 0 heterocycles. The summed E-state index contributed by atoms with van der Waals surface area (Å²) in [6.45, 7) is 7.50. The van der Waals surface area contributed by atoms with Crippen LogP contribution in [-0.4, -0.2) is 38.3 Å². The van der Waals surface area contributed by atoms with Crippen molar-refractivity contribution in [3.63, 3.8) is 0 Å². The summed E-state index contributed by atoms with van der Waals surface area (Å²) in [5.41, 5.74) is 0. The minimum Gasteiger partial charge on any atom is -0.382 e. The fourth-order valence-corrected chi connectivity index (χ4v) is 2.26. The Morgan fingerprint density at radius 3 is 2.58 bits per heavy atom. The highest BCUT2D eigenvalue weighted by Gasteiger charge is 2.13. The minimum atomic E-state index is 0. The van der Waals surface area contributed by atoms with Gasteiger partial charge >= 0.3 is 0 Å². The molecule has 0 atom stereocenters. The highest BCUT2D eigenvalue weighted by Crippen LogP contribution is 2.17. The number of nitrogens with zero attached hydrogens (tertiary/aromatic N) is 1. The number of hydrogen-bond donors (Lipinski definition) is 2. The van der Waals surface area contributed by atoms with E-state index >= 15 is 0 Å². The molecule has 5 heteroatoms. The van der Waals surface area contributed by atoms with Gasteiger partial charge in [0.15, 0.2) is 5.96 Å². The molecule has 0 aromatic carbocycles. The van der Waals surface area contributed by atoms with Crippen LogP contribution in [0.5, 0.6) is 0 Å². The summed E-state index contributed by atoms with van der Waals surface area (Å²) >= 11 is 0. The Kier molecular flexibility index (Phi) is 12.9. The monoisotopic (exact) mass is 383 g/mol. The van der Waals surface area contributed by atoms with Crippen LogP contribution >= 0.6 is 24.0 Å². The molecule has 0 saturated heterocycles. The lowest BCUT2D eigenvalue weighted by atomic mass is 9.96. The lowest BCUT2D eigenvalue weighted by Gasteiger charge is -2.24. The molecular formula is C14H30IN3O. The van der Waals surface area contributed by atoms with Gasteiger partial charge in [0, 0.05) is 32.3 Å². The first-order chi connectivity index (χ1) is 8.86. The second-order valence-electron chi connectivity index (χ2n) is 4.79. The topological polar surface area (TPSA) is 45.7 Å². The molecule has 1 rings (SSSR count). The van der Waals surface area contributed by atoms with Gasteiger partial charge in [-0.1, -0.05) is 19.3 Å². The summed E-state index contributed by atoms with van der Waals surface area (Å²) < 4.78 is 5.32. The average Bonchev–Trinajstić information content (AvgIpc) is 2.40. The van der Waals surface area contributed by atoms with Crippen molar-refractivity contribution in [1.82, 2.24) is 10.6 Å². The van der Waals surface area contributed by atoms with Crippen LogP contribution in [0, 0.1) is 0 Å². The molecule has 0 bridgehead atoms. The van der Waals surface area contributed by atoms with Gasteiger partial charge in [-0.15, -0.1) is 24.0 Å². The van der Waals surface area contributed by atoms with Crippen LogP contribution < -0.4 is 10.6 Å². The Balaban J connectivity index is 0.00000324. The van der Waals surface area contributed by atoms with E-state index < -0.39 is 0 Å². The fraction of sp³-hybridized carbons (Fsp3) is 0.929. The zero-order valence-corrected chi connectivity index (χ0v) is 14.7. The lowest BCUT2D eigenvalue weighted by Crippen LogP contribution is -2.44. The zero-order chi connectivity index (χ0) is 13.1. The van der Waals surface area contributed by atoms with Crippen molar-refractivity contribution >= 4 is 29.9 Å². The van der Waals surface area contributed by atoms with Gasteiger partial charge in [0.25, 0.3) is 0 Å². The van der Waals surface area contributed by atoms with Gasteiger partial charge in [0.2, 0.25) is 0 Å². The van der Waals surface area contributed by atoms with Gasteiger partial charge in [-0.2, -0.15) is 0 Å². The number of guanidine groups is 1. The molecule has 1 saturated carbocycles. The molecule has 1 fully saturated rings. The van der Waals surface area contributed by atoms with E-state index in [0.717, 1.165) is 38.7 Å². The predicted molar refractivity (Wildman–Crippen MR) is 92.5 cm³/mol. The van der Waals surface area contributed by atoms with Crippen molar-refractivity contribution in [3.8, 4) is 0 Å². The van der Waals surface area contributed by atoms with E-state index in [9.17, 15) is 0 Å². The number of aliphatic imine (C=N–C) groups is 1. The van der Waals surface area contributed by atoms with Gasteiger partial charge in [-0.05, 0) is 33.1 Å². The quantitative estimate of drug-likeness (QED) is 0.308. The van der Waals surface area contributed by atoms with Gasteiger partial charge in [0.1, 0.15) is 0 Å². The highest BCUT2D eigenvalue weighted by molar-refractivity contribution is 14.0. The molecule has 0 amide bonds. The Labute approximate surface area is 135 Å². The smallest absolute Gasteiger partial charge is 0.191 e. The lowest BCUT2D eigenvalue weighted by molar-refractivity contribution is 0.146. The maximum Gasteiger partial charge on any atom is 0.191 e. The fourth-order valence-electron chi connectivity index (χ4n) is 2.26. The summed E-state index contributed by atoms with van der Waals surface area (Å²) in [7, 11) is 0. The molecular weight excluding hydrogens is 353 g/mol. The second kappa shape index (κ2) is 13.0. The van der Waals surface area contributed by atoms with Gasteiger partial charge < -0.3 is 15.4 Å². The molecule has 0 aliphatic heterocycles. The molecule has 0 aromatic heterocycles. The van der Waals surface area contributed by atoms with E-state index in [1.165, 1.54) is 32.1 Å². The molecule has 2 N–H and O–H groups in total. The maximum atomic E-state index is 5.32. The number of halogens is 1. The van der Waals surface area contributed by atoms with Crippen molar-refractivity contribution in [2.45, 2.75) is 58.4 Å². The molecule has 1 aliphatic carbocycles. The molecule has 0 spiro atoms. The van der Waals surface area contributed by atoms with E-state index in [1.807, 2.05) is 6.92 Å². The van der Waals surface area contributed by atoms with Crippen LogP contribution in [0.15, 0.2) is 4.99 Å². The van der Waals surface area contributed by atoms with Crippen LogP contribution in [-0.2, 0) is 4.74 Å². The van der Waals surface area contributed by atoms with E-state index in [0.29, 0.717) is 6.04 Å². The van der Waals surface area contributed by atoms with Crippen LogP contribution in [0.4, 0.5) is 0 Å². The van der Waals surface area contributed by atoms with Crippen molar-refractivity contribution in [3.05, 3.63) is 0 Å². The van der Waals surface area contributed by atoms with Gasteiger partial charge in [0.05, 0.1) is 0 Å². The summed E-state index contributed by atoms with van der Waals surface area (Å²) in [6.07, 6.45) is 7.64. The summed E-state index contributed by atoms with van der Waals surface area (Å²) in [5.74, 6) is 0.973. The predicted octanol–water partition coefficient (Wildman–Crippen LogP) is 2.92. The number of rotatable bonds is 7. The third kappa shape index (κ3) is 9.49. The molecule has 0 aromatic rings. The molecule has 114 valence electrons. The van der Waals surface area contributed by atoms with Gasteiger partial charge in [-0.25, -0.2) is 0 Å². The number of nitrogens with one attached hydrogen (secondary N) is 2. The van der Waals surface area contributed by atoms with E-state index in [4.69, 9.17) is 4.74 Å². The number of ether oxygens (including phenoxy) is 1. The van der Waals surface area contributed by atoms with E-state index in [-0.39, 0.29) is 24.0 Å². The minimum absolute atomic E-state index is 0. The van der Waals surface area contributed by atoms with Crippen molar-refractivity contribution in [2.24, 2.45) is 4.99 Å². The van der Waals surface area contributed by atoms with Crippen LogP contribution in [0.3, 0.4) is 0 Å². The first-order valence-electron chi connectivity index (χ1n) is 7.49. The SMILES string of the molecule is CCNC(=NCCCOCC)NC1CCCCC1.I. The molecule has 0 unspecified atom stereocenters. The van der Waals surface area contributed by atoms with Crippen LogP contribution in [0.1, 0.15) is 52.4 Å². The summed E-state index contributed by atoms with van der Waals surface area (Å²) in [5, 5.41) is 6.86. The summed E-state index contributed by atoms with van der Waals surface area (Å²) in [4.78, 5) is 4.59. The van der Waals surface area contributed by atoms with Crippen molar-refractivity contribution in [1.29, 1.82) is 0 Å². The van der Waals surface area contributed by atoms with Crippen molar-refractivity contribution < 1.29 is 4.74 Å². The Hall–Kier alpha value is -0.0400. The largest absolute Gasteiger partial charge is 0.382 e.